The molecule has 12 nitrogen and oxygen atoms in total. The summed E-state index contributed by atoms with van der Waals surface area (Å²) in [5, 5.41) is 18.2. The van der Waals surface area contributed by atoms with E-state index in [-0.39, 0.29) is 25.3 Å². The minimum absolute atomic E-state index is 0.103. The number of aromatic nitrogens is 4. The van der Waals surface area contributed by atoms with E-state index in [2.05, 4.69) is 15.0 Å². The van der Waals surface area contributed by atoms with Crippen molar-refractivity contribution >= 4 is 18.8 Å². The smallest absolute Gasteiger partial charge is 0.350 e. The van der Waals surface area contributed by atoms with Gasteiger partial charge in [0.2, 0.25) is 0 Å². The zero-order valence-corrected chi connectivity index (χ0v) is 14.0. The Bertz CT molecular complexity index is 787. The highest BCUT2D eigenvalue weighted by molar-refractivity contribution is 7.51. The van der Waals surface area contributed by atoms with Crippen molar-refractivity contribution in [2.45, 2.75) is 18.8 Å². The van der Waals surface area contributed by atoms with Crippen LogP contribution in [0.5, 0.6) is 0 Å². The Balaban J connectivity index is 2.08. The second-order valence-electron chi connectivity index (χ2n) is 5.26. The van der Waals surface area contributed by atoms with E-state index in [4.69, 9.17) is 24.4 Å². The van der Waals surface area contributed by atoms with Gasteiger partial charge in [-0.15, -0.1) is 0 Å². The van der Waals surface area contributed by atoms with E-state index in [0.717, 1.165) is 0 Å². The number of rotatable bonds is 10. The number of hydrogen-bond acceptors (Lipinski definition) is 8. The van der Waals surface area contributed by atoms with Crippen molar-refractivity contribution in [1.82, 2.24) is 19.5 Å². The summed E-state index contributed by atoms with van der Waals surface area (Å²) in [7, 11) is -4.33. The predicted molar refractivity (Wildman–Crippen MR) is 83.8 cm³/mol. The van der Waals surface area contributed by atoms with Gasteiger partial charge in [-0.2, -0.15) is 0 Å². The molecule has 2 atom stereocenters. The maximum atomic E-state index is 11.6. The van der Waals surface area contributed by atoms with E-state index >= 15 is 0 Å². The van der Waals surface area contributed by atoms with Crippen LogP contribution in [0.4, 0.5) is 0 Å². The van der Waals surface area contributed by atoms with Gasteiger partial charge in [0.1, 0.15) is 12.5 Å². The number of H-pyrrole nitrogens is 1. The summed E-state index contributed by atoms with van der Waals surface area (Å²) in [5.74, 6) is 0. The minimum atomic E-state index is -4.33. The molecule has 140 valence electrons. The predicted octanol–water partition coefficient (Wildman–Crippen LogP) is -1.99. The van der Waals surface area contributed by atoms with Gasteiger partial charge >= 0.3 is 7.60 Å². The number of imidazole rings is 1. The van der Waals surface area contributed by atoms with Gasteiger partial charge in [-0.25, -0.2) is 9.97 Å². The number of aromatic amines is 1. The monoisotopic (exact) mass is 378 g/mol. The van der Waals surface area contributed by atoms with Crippen molar-refractivity contribution in [3.63, 3.8) is 0 Å². The molecule has 1 unspecified atom stereocenters. The molecule has 2 aromatic heterocycles. The van der Waals surface area contributed by atoms with Gasteiger partial charge in [-0.05, 0) is 0 Å². The average molecular weight is 378 g/mol. The van der Waals surface area contributed by atoms with E-state index in [1.54, 1.807) is 0 Å². The first-order valence-corrected chi connectivity index (χ1v) is 9.01. The molecule has 0 amide bonds. The summed E-state index contributed by atoms with van der Waals surface area (Å²) in [6.45, 7) is -0.791. The number of nitrogens with one attached hydrogen (secondary N) is 1. The van der Waals surface area contributed by atoms with Crippen LogP contribution in [0.3, 0.4) is 0 Å². The quantitative estimate of drug-likeness (QED) is 0.290. The van der Waals surface area contributed by atoms with Gasteiger partial charge in [0.15, 0.2) is 11.2 Å². The largest absolute Gasteiger partial charge is 0.394 e. The molecule has 0 saturated heterocycles. The zero-order chi connectivity index (χ0) is 18.4. The van der Waals surface area contributed by atoms with Crippen molar-refractivity contribution in [2.75, 3.05) is 26.2 Å². The lowest BCUT2D eigenvalue weighted by Gasteiger charge is -2.20. The van der Waals surface area contributed by atoms with Gasteiger partial charge < -0.3 is 39.0 Å². The molecule has 0 saturated carbocycles. The Morgan fingerprint density at radius 3 is 2.76 bits per heavy atom. The third-order valence-corrected chi connectivity index (χ3v) is 3.63. The Hall–Kier alpha value is -1.66. The Labute approximate surface area is 141 Å². The molecule has 5 N–H and O–H groups in total. The van der Waals surface area contributed by atoms with Gasteiger partial charge in [0.25, 0.3) is 5.56 Å². The lowest BCUT2D eigenvalue weighted by Crippen LogP contribution is -2.30. The number of hydrogen-bond donors (Lipinski definition) is 5. The van der Waals surface area contributed by atoms with Crippen LogP contribution in [0.25, 0.3) is 11.2 Å². The first-order chi connectivity index (χ1) is 11.8. The second kappa shape index (κ2) is 8.63. The molecule has 0 aliphatic rings. The molecular formula is C12H19N4O8P. The van der Waals surface area contributed by atoms with Crippen LogP contribution in [0.1, 0.15) is 0 Å². The van der Waals surface area contributed by atoms with Crippen LogP contribution in [0.15, 0.2) is 17.4 Å². The molecule has 0 aliphatic carbocycles. The summed E-state index contributed by atoms with van der Waals surface area (Å²) in [6, 6.07) is 0. The second-order valence-corrected chi connectivity index (χ2v) is 6.84. The van der Waals surface area contributed by atoms with Crippen LogP contribution in [0.2, 0.25) is 0 Å². The molecule has 0 aromatic carbocycles. The highest BCUT2D eigenvalue weighted by atomic mass is 31.2. The van der Waals surface area contributed by atoms with E-state index in [0.29, 0.717) is 5.65 Å². The van der Waals surface area contributed by atoms with Crippen molar-refractivity contribution in [3.05, 3.63) is 23.0 Å². The van der Waals surface area contributed by atoms with E-state index in [1.807, 2.05) is 0 Å². The van der Waals surface area contributed by atoms with Crippen molar-refractivity contribution in [1.29, 1.82) is 0 Å². The molecule has 2 rings (SSSR count). The summed E-state index contributed by atoms with van der Waals surface area (Å²) < 4.78 is 22.7. The number of nitrogens with zero attached hydrogens (tertiary/aromatic N) is 3. The maximum absolute atomic E-state index is 11.6. The molecular weight excluding hydrogens is 359 g/mol. The molecule has 25 heavy (non-hydrogen) atoms. The van der Waals surface area contributed by atoms with Crippen LogP contribution < -0.4 is 5.56 Å². The fourth-order valence-electron chi connectivity index (χ4n) is 2.00. The fraction of sp³-hybridized carbons (Fsp3) is 0.583. The highest BCUT2D eigenvalue weighted by Crippen LogP contribution is 2.33. The molecule has 0 fully saturated rings. The summed E-state index contributed by atoms with van der Waals surface area (Å²) in [5.41, 5.74) is 0.0255. The van der Waals surface area contributed by atoms with Gasteiger partial charge in [-0.3, -0.25) is 9.36 Å². The maximum Gasteiger partial charge on any atom is 0.350 e. The van der Waals surface area contributed by atoms with Crippen LogP contribution in [-0.2, 0) is 20.6 Å². The summed E-state index contributed by atoms with van der Waals surface area (Å²) in [4.78, 5) is 39.7. The van der Waals surface area contributed by atoms with Gasteiger partial charge in [0, 0.05) is 0 Å². The zero-order valence-electron chi connectivity index (χ0n) is 13.1. The van der Waals surface area contributed by atoms with Crippen molar-refractivity contribution in [3.8, 4) is 0 Å². The fourth-order valence-corrected chi connectivity index (χ4v) is 2.34. The van der Waals surface area contributed by atoms with E-state index in [1.165, 1.54) is 17.2 Å². The highest BCUT2D eigenvalue weighted by Gasteiger charge is 2.19. The van der Waals surface area contributed by atoms with Crippen molar-refractivity contribution < 1.29 is 34.0 Å². The number of ether oxygens (including phenoxy) is 2. The number of aliphatic hydroxyl groups is 2. The van der Waals surface area contributed by atoms with Crippen LogP contribution >= 0.6 is 7.60 Å². The van der Waals surface area contributed by atoms with Crippen LogP contribution in [0, 0.1) is 0 Å². The average Bonchev–Trinajstić information content (AvgIpc) is 2.95. The van der Waals surface area contributed by atoms with Gasteiger partial charge in [-0.1, -0.05) is 0 Å². The first kappa shape index (κ1) is 19.7. The summed E-state index contributed by atoms with van der Waals surface area (Å²) in [6.07, 6.45) is -0.0263. The molecule has 0 bridgehead atoms. The molecule has 0 aliphatic heterocycles. The summed E-state index contributed by atoms with van der Waals surface area (Å²) >= 11 is 0. The van der Waals surface area contributed by atoms with Crippen molar-refractivity contribution in [2.24, 2.45) is 0 Å². The Morgan fingerprint density at radius 2 is 2.08 bits per heavy atom. The van der Waals surface area contributed by atoms with Crippen LogP contribution in [-0.4, -0.2) is 77.9 Å². The molecule has 2 aromatic rings. The number of aliphatic hydroxyl groups excluding tert-OH is 2. The third kappa shape index (κ3) is 5.97. The lowest BCUT2D eigenvalue weighted by atomic mass is 10.3. The lowest BCUT2D eigenvalue weighted by molar-refractivity contribution is -0.0606. The van der Waals surface area contributed by atoms with E-state index < -0.39 is 38.3 Å². The third-order valence-electron chi connectivity index (χ3n) is 3.11. The van der Waals surface area contributed by atoms with E-state index in [9.17, 15) is 14.5 Å². The molecule has 2 heterocycles. The molecule has 0 radical (unpaired) electrons. The normalized spacial score (nSPS) is 14.7. The number of fused-ring (bicyclic) bond motifs is 1. The topological polar surface area (TPSA) is 180 Å². The molecule has 13 heteroatoms. The molecule has 0 spiro atoms. The standard InChI is InChI=1S/C12H19N4O8P/c17-2-8(18)3-24-9(4-23-7-25(20,21)22)1-16-6-15-10-11(16)13-5-14-12(10)19/h5-6,8-9,17-18H,1-4,7H2,(H,13,14,19)(H2,20,21,22)/t8?,9-/m0/s1. The SMILES string of the molecule is O=c1[nH]cnc2c1ncn2C[C@@H](COCP(=O)(O)O)OCC(O)CO. The van der Waals surface area contributed by atoms with Gasteiger partial charge in [0.05, 0.1) is 45.1 Å². The Morgan fingerprint density at radius 1 is 1.32 bits per heavy atom. The first-order valence-electron chi connectivity index (χ1n) is 7.21. The Kier molecular flexibility index (Phi) is 6.79. The minimum Gasteiger partial charge on any atom is -0.394 e.